The van der Waals surface area contributed by atoms with Gasteiger partial charge in [0.15, 0.2) is 0 Å². The summed E-state index contributed by atoms with van der Waals surface area (Å²) in [6, 6.07) is 13.5. The molecule has 0 saturated carbocycles. The molecule has 2 aromatic carbocycles. The van der Waals surface area contributed by atoms with Crippen molar-refractivity contribution in [3.63, 3.8) is 0 Å². The lowest BCUT2D eigenvalue weighted by molar-refractivity contribution is -0.114. The van der Waals surface area contributed by atoms with Crippen LogP contribution in [0.4, 0.5) is 17.1 Å². The number of rotatable bonds is 5. The van der Waals surface area contributed by atoms with Crippen molar-refractivity contribution in [1.82, 2.24) is 4.90 Å². The van der Waals surface area contributed by atoms with Crippen LogP contribution in [-0.2, 0) is 14.8 Å². The first kappa shape index (κ1) is 19.2. The van der Waals surface area contributed by atoms with Gasteiger partial charge in [0.2, 0.25) is 5.91 Å². The number of amides is 1. The third-order valence-electron chi connectivity index (χ3n) is 4.48. The molecule has 0 aliphatic carbocycles. The number of carbonyl (C=O) groups is 1. The van der Waals surface area contributed by atoms with Crippen LogP contribution in [0.5, 0.6) is 0 Å². The summed E-state index contributed by atoms with van der Waals surface area (Å²) in [6.07, 6.45) is 0. The van der Waals surface area contributed by atoms with Crippen molar-refractivity contribution >= 4 is 33.0 Å². The third-order valence-corrected chi connectivity index (χ3v) is 5.86. The average molecular weight is 388 g/mol. The predicted octanol–water partition coefficient (Wildman–Crippen LogP) is 2.20. The van der Waals surface area contributed by atoms with Gasteiger partial charge >= 0.3 is 0 Å². The summed E-state index contributed by atoms with van der Waals surface area (Å²) in [5.41, 5.74) is 2.00. The maximum atomic E-state index is 12.8. The van der Waals surface area contributed by atoms with Gasteiger partial charge in [0.05, 0.1) is 16.3 Å². The summed E-state index contributed by atoms with van der Waals surface area (Å²) in [6.45, 7) is 4.97. The lowest BCUT2D eigenvalue weighted by Crippen LogP contribution is -2.44. The van der Waals surface area contributed by atoms with Crippen molar-refractivity contribution in [1.29, 1.82) is 0 Å². The Morgan fingerprint density at radius 2 is 1.59 bits per heavy atom. The standard InChI is InChI=1S/C19H24N4O3S/c1-15(24)20-16-7-9-17(10-8-16)27(25,26)21-18-5-3-4-6-19(18)23-13-11-22(2)12-14-23/h3-10,21H,11-14H2,1-2H3,(H,20,24). The van der Waals surface area contributed by atoms with Crippen LogP contribution in [0.15, 0.2) is 53.4 Å². The van der Waals surface area contributed by atoms with Crippen LogP contribution < -0.4 is 14.9 Å². The molecule has 0 bridgehead atoms. The van der Waals surface area contributed by atoms with Gasteiger partial charge in [-0.1, -0.05) is 12.1 Å². The predicted molar refractivity (Wildman–Crippen MR) is 108 cm³/mol. The number of hydrogen-bond acceptors (Lipinski definition) is 5. The van der Waals surface area contributed by atoms with E-state index in [1.54, 1.807) is 18.2 Å². The first-order valence-electron chi connectivity index (χ1n) is 8.78. The number of carbonyl (C=O) groups excluding carboxylic acids is 1. The SMILES string of the molecule is CC(=O)Nc1ccc(S(=O)(=O)Nc2ccccc2N2CCN(C)CC2)cc1. The summed E-state index contributed by atoms with van der Waals surface area (Å²) >= 11 is 0. The van der Waals surface area contributed by atoms with Crippen LogP contribution in [0.25, 0.3) is 0 Å². The fourth-order valence-corrected chi connectivity index (χ4v) is 4.08. The molecule has 8 heteroatoms. The topological polar surface area (TPSA) is 81.7 Å². The Balaban J connectivity index is 1.81. The number of benzene rings is 2. The van der Waals surface area contributed by atoms with Crippen LogP contribution in [0.3, 0.4) is 0 Å². The van der Waals surface area contributed by atoms with Crippen LogP contribution in [-0.4, -0.2) is 52.5 Å². The molecule has 0 aromatic heterocycles. The molecule has 0 radical (unpaired) electrons. The van der Waals surface area contributed by atoms with Crippen LogP contribution in [0.1, 0.15) is 6.92 Å². The van der Waals surface area contributed by atoms with Gasteiger partial charge in [-0.2, -0.15) is 0 Å². The Bertz CT molecular complexity index is 905. The molecule has 0 unspecified atom stereocenters. The fraction of sp³-hybridized carbons (Fsp3) is 0.316. The molecule has 7 nitrogen and oxygen atoms in total. The van der Waals surface area contributed by atoms with E-state index in [1.807, 2.05) is 18.2 Å². The average Bonchev–Trinajstić information content (AvgIpc) is 2.63. The summed E-state index contributed by atoms with van der Waals surface area (Å²) < 4.78 is 28.3. The van der Waals surface area contributed by atoms with Crippen molar-refractivity contribution in [3.05, 3.63) is 48.5 Å². The highest BCUT2D eigenvalue weighted by atomic mass is 32.2. The monoisotopic (exact) mass is 388 g/mol. The maximum absolute atomic E-state index is 12.8. The molecular weight excluding hydrogens is 364 g/mol. The molecule has 1 fully saturated rings. The van der Waals surface area contributed by atoms with E-state index in [-0.39, 0.29) is 10.8 Å². The Morgan fingerprint density at radius 3 is 2.22 bits per heavy atom. The van der Waals surface area contributed by atoms with E-state index in [0.29, 0.717) is 11.4 Å². The van der Waals surface area contributed by atoms with Crippen molar-refractivity contribution in [2.45, 2.75) is 11.8 Å². The number of likely N-dealkylation sites (N-methyl/N-ethyl adjacent to an activating group) is 1. The minimum atomic E-state index is -3.73. The normalized spacial score (nSPS) is 15.4. The molecule has 0 atom stereocenters. The molecule has 1 aliphatic rings. The first-order chi connectivity index (χ1) is 12.8. The zero-order chi connectivity index (χ0) is 19.4. The molecule has 1 aliphatic heterocycles. The zero-order valence-electron chi connectivity index (χ0n) is 15.5. The van der Waals surface area contributed by atoms with Crippen LogP contribution >= 0.6 is 0 Å². The molecule has 3 rings (SSSR count). The molecule has 1 heterocycles. The second-order valence-corrected chi connectivity index (χ2v) is 8.30. The number of anilines is 3. The molecule has 27 heavy (non-hydrogen) atoms. The van der Waals surface area contributed by atoms with Gasteiger partial charge in [0.25, 0.3) is 10.0 Å². The van der Waals surface area contributed by atoms with E-state index in [9.17, 15) is 13.2 Å². The van der Waals surface area contributed by atoms with Crippen molar-refractivity contribution in [2.75, 3.05) is 48.2 Å². The van der Waals surface area contributed by atoms with Crippen molar-refractivity contribution < 1.29 is 13.2 Å². The first-order valence-corrected chi connectivity index (χ1v) is 10.3. The van der Waals surface area contributed by atoms with Gasteiger partial charge in [-0.05, 0) is 43.4 Å². The number of nitrogens with zero attached hydrogens (tertiary/aromatic N) is 2. The highest BCUT2D eigenvalue weighted by molar-refractivity contribution is 7.92. The zero-order valence-corrected chi connectivity index (χ0v) is 16.3. The highest BCUT2D eigenvalue weighted by Gasteiger charge is 2.20. The lowest BCUT2D eigenvalue weighted by atomic mass is 10.2. The number of piperazine rings is 1. The number of hydrogen-bond donors (Lipinski definition) is 2. The van der Waals surface area contributed by atoms with E-state index in [1.165, 1.54) is 19.1 Å². The Kier molecular flexibility index (Phi) is 5.67. The van der Waals surface area contributed by atoms with Gasteiger partial charge in [0, 0.05) is 38.8 Å². The van der Waals surface area contributed by atoms with Crippen LogP contribution in [0.2, 0.25) is 0 Å². The quantitative estimate of drug-likeness (QED) is 0.821. The molecule has 2 aromatic rings. The van der Waals surface area contributed by atoms with E-state index in [0.717, 1.165) is 31.9 Å². The van der Waals surface area contributed by atoms with Crippen molar-refractivity contribution in [2.24, 2.45) is 0 Å². The third kappa shape index (κ3) is 4.78. The Morgan fingerprint density at radius 1 is 0.963 bits per heavy atom. The molecule has 0 spiro atoms. The van der Waals surface area contributed by atoms with Gasteiger partial charge in [0.1, 0.15) is 0 Å². The number of para-hydroxylation sites is 2. The second-order valence-electron chi connectivity index (χ2n) is 6.62. The van der Waals surface area contributed by atoms with Gasteiger partial charge in [-0.25, -0.2) is 8.42 Å². The highest BCUT2D eigenvalue weighted by Crippen LogP contribution is 2.29. The fourth-order valence-electron chi connectivity index (χ4n) is 3.01. The minimum Gasteiger partial charge on any atom is -0.367 e. The van der Waals surface area contributed by atoms with E-state index in [2.05, 4.69) is 26.9 Å². The molecule has 1 saturated heterocycles. The molecular formula is C19H24N4O3S. The Labute approximate surface area is 160 Å². The summed E-state index contributed by atoms with van der Waals surface area (Å²) in [7, 11) is -1.65. The molecule has 2 N–H and O–H groups in total. The summed E-state index contributed by atoms with van der Waals surface area (Å²) in [5, 5.41) is 2.62. The maximum Gasteiger partial charge on any atom is 0.261 e. The lowest BCUT2D eigenvalue weighted by Gasteiger charge is -2.35. The van der Waals surface area contributed by atoms with Crippen molar-refractivity contribution in [3.8, 4) is 0 Å². The number of sulfonamides is 1. The van der Waals surface area contributed by atoms with Gasteiger partial charge < -0.3 is 15.1 Å². The Hall–Kier alpha value is -2.58. The van der Waals surface area contributed by atoms with E-state index in [4.69, 9.17) is 0 Å². The summed E-state index contributed by atoms with van der Waals surface area (Å²) in [5.74, 6) is -0.204. The van der Waals surface area contributed by atoms with E-state index >= 15 is 0 Å². The number of nitrogens with one attached hydrogen (secondary N) is 2. The van der Waals surface area contributed by atoms with Gasteiger partial charge in [-0.15, -0.1) is 0 Å². The van der Waals surface area contributed by atoms with Gasteiger partial charge in [-0.3, -0.25) is 9.52 Å². The molecule has 144 valence electrons. The minimum absolute atomic E-state index is 0.143. The van der Waals surface area contributed by atoms with Crippen LogP contribution in [0, 0.1) is 0 Å². The largest absolute Gasteiger partial charge is 0.367 e. The smallest absolute Gasteiger partial charge is 0.261 e. The van der Waals surface area contributed by atoms with E-state index < -0.39 is 10.0 Å². The second kappa shape index (κ2) is 7.98. The summed E-state index contributed by atoms with van der Waals surface area (Å²) in [4.78, 5) is 15.7. The molecule has 1 amide bonds.